The number of hydrogen-bond acceptors (Lipinski definition) is 4. The first-order valence-corrected chi connectivity index (χ1v) is 7.06. The highest BCUT2D eigenvalue weighted by atomic mass is 32.2. The zero-order valence-electron chi connectivity index (χ0n) is 10.6. The second-order valence-corrected chi connectivity index (χ2v) is 5.60. The van der Waals surface area contributed by atoms with Gasteiger partial charge in [0.2, 0.25) is 5.82 Å². The van der Waals surface area contributed by atoms with Crippen molar-refractivity contribution >= 4 is 23.4 Å². The third-order valence-electron chi connectivity index (χ3n) is 3.26. The van der Waals surface area contributed by atoms with Crippen LogP contribution < -0.4 is 0 Å². The van der Waals surface area contributed by atoms with E-state index in [-0.39, 0.29) is 6.04 Å². The molecule has 1 saturated heterocycles. The average Bonchev–Trinajstić information content (AvgIpc) is 2.91. The average molecular weight is 302 g/mol. The number of nitro groups is 1. The van der Waals surface area contributed by atoms with Crippen molar-refractivity contribution < 1.29 is 18.5 Å². The Balaban J connectivity index is 2.38. The van der Waals surface area contributed by atoms with Crippen molar-refractivity contribution in [1.29, 1.82) is 0 Å². The number of nitrogens with zero attached hydrogens (tertiary/aromatic N) is 2. The summed E-state index contributed by atoms with van der Waals surface area (Å²) in [6.07, 6.45) is 0.741. The predicted molar refractivity (Wildman–Crippen MR) is 70.8 cm³/mol. The van der Waals surface area contributed by atoms with E-state index in [4.69, 9.17) is 0 Å². The van der Waals surface area contributed by atoms with E-state index in [9.17, 15) is 23.7 Å². The first-order valence-electron chi connectivity index (χ1n) is 5.90. The number of carbonyl (C=O) groups excluding carboxylic acids is 1. The lowest BCUT2D eigenvalue weighted by molar-refractivity contribution is -0.387. The summed E-state index contributed by atoms with van der Waals surface area (Å²) >= 11 is 1.65. The van der Waals surface area contributed by atoms with Gasteiger partial charge in [0.15, 0.2) is 0 Å². The number of thioether (sulfide) groups is 1. The molecule has 0 N–H and O–H groups in total. The van der Waals surface area contributed by atoms with Gasteiger partial charge in [-0.15, -0.1) is 0 Å². The third kappa shape index (κ3) is 2.60. The summed E-state index contributed by atoms with van der Waals surface area (Å²) in [7, 11) is 1.45. The lowest BCUT2D eigenvalue weighted by atomic mass is 10.1. The van der Waals surface area contributed by atoms with Gasteiger partial charge >= 0.3 is 5.69 Å². The monoisotopic (exact) mass is 302 g/mol. The van der Waals surface area contributed by atoms with Crippen molar-refractivity contribution in [2.24, 2.45) is 0 Å². The largest absolute Gasteiger partial charge is 0.338 e. The molecule has 2 rings (SSSR count). The fraction of sp³-hybridized carbons (Fsp3) is 0.417. The Morgan fingerprint density at radius 2 is 2.20 bits per heavy atom. The molecule has 108 valence electrons. The van der Waals surface area contributed by atoms with E-state index in [0.29, 0.717) is 11.8 Å². The maximum Gasteiger partial charge on any atom is 0.305 e. The highest BCUT2D eigenvalue weighted by molar-refractivity contribution is 7.99. The Kier molecular flexibility index (Phi) is 4.22. The van der Waals surface area contributed by atoms with Crippen LogP contribution in [0.3, 0.4) is 0 Å². The van der Waals surface area contributed by atoms with E-state index in [1.54, 1.807) is 11.8 Å². The minimum atomic E-state index is -1.42. The van der Waals surface area contributed by atoms with Crippen molar-refractivity contribution in [2.45, 2.75) is 12.5 Å². The van der Waals surface area contributed by atoms with Crippen LogP contribution in [0.15, 0.2) is 12.1 Å². The van der Waals surface area contributed by atoms with Gasteiger partial charge in [-0.3, -0.25) is 14.9 Å². The van der Waals surface area contributed by atoms with Gasteiger partial charge < -0.3 is 4.90 Å². The van der Waals surface area contributed by atoms with Crippen LogP contribution in [-0.4, -0.2) is 40.3 Å². The lowest BCUT2D eigenvalue weighted by Crippen LogP contribution is -2.38. The third-order valence-corrected chi connectivity index (χ3v) is 4.40. The van der Waals surface area contributed by atoms with Crippen molar-refractivity contribution in [3.8, 4) is 0 Å². The fourth-order valence-corrected chi connectivity index (χ4v) is 3.32. The van der Waals surface area contributed by atoms with Crippen LogP contribution in [-0.2, 0) is 0 Å². The van der Waals surface area contributed by atoms with Gasteiger partial charge in [-0.1, -0.05) is 0 Å². The number of benzene rings is 1. The summed E-state index contributed by atoms with van der Waals surface area (Å²) in [6.45, 7) is 0. The molecular formula is C12H12F2N2O3S. The Hall–Kier alpha value is -1.70. The molecular weight excluding hydrogens is 290 g/mol. The van der Waals surface area contributed by atoms with Crippen molar-refractivity contribution in [1.82, 2.24) is 4.90 Å². The van der Waals surface area contributed by atoms with E-state index in [0.717, 1.165) is 18.2 Å². The molecule has 1 aromatic carbocycles. The van der Waals surface area contributed by atoms with Crippen LogP contribution in [0.5, 0.6) is 0 Å². The molecule has 0 radical (unpaired) electrons. The molecule has 1 aliphatic heterocycles. The number of amides is 1. The van der Waals surface area contributed by atoms with Crippen molar-refractivity contribution in [3.05, 3.63) is 39.4 Å². The Bertz CT molecular complexity index is 562. The number of nitro benzene ring substituents is 1. The van der Waals surface area contributed by atoms with Crippen molar-refractivity contribution in [2.75, 3.05) is 18.6 Å². The molecule has 1 fully saturated rings. The molecule has 1 heterocycles. The van der Waals surface area contributed by atoms with Gasteiger partial charge in [0.05, 0.1) is 4.92 Å². The SMILES string of the molecule is CN(C(=O)c1c(F)ccc([N+](=O)[O-])c1F)C1CCSC1. The van der Waals surface area contributed by atoms with Crippen LogP contribution in [0.2, 0.25) is 0 Å². The summed E-state index contributed by atoms with van der Waals surface area (Å²) in [5.41, 5.74) is -1.76. The number of rotatable bonds is 3. The lowest BCUT2D eigenvalue weighted by Gasteiger charge is -2.24. The standard InChI is InChI=1S/C12H12F2N2O3S/c1-15(7-4-5-20-6-7)12(17)10-8(13)2-3-9(11(10)14)16(18)19/h2-3,7H,4-6H2,1H3. The Labute approximate surface area is 118 Å². The summed E-state index contributed by atoms with van der Waals surface area (Å²) < 4.78 is 27.6. The smallest absolute Gasteiger partial charge is 0.305 e. The zero-order chi connectivity index (χ0) is 14.9. The highest BCUT2D eigenvalue weighted by Crippen LogP contribution is 2.27. The molecule has 1 atom stereocenters. The molecule has 0 saturated carbocycles. The second-order valence-electron chi connectivity index (χ2n) is 4.45. The van der Waals surface area contributed by atoms with Crippen LogP contribution in [0.4, 0.5) is 14.5 Å². The van der Waals surface area contributed by atoms with Gasteiger partial charge in [0.25, 0.3) is 5.91 Å². The van der Waals surface area contributed by atoms with Gasteiger partial charge in [0.1, 0.15) is 11.4 Å². The van der Waals surface area contributed by atoms with Gasteiger partial charge in [0, 0.05) is 24.9 Å². The van der Waals surface area contributed by atoms with E-state index in [2.05, 4.69) is 0 Å². The van der Waals surface area contributed by atoms with E-state index in [1.807, 2.05) is 0 Å². The second kappa shape index (κ2) is 5.74. The number of carbonyl (C=O) groups is 1. The van der Waals surface area contributed by atoms with Crippen LogP contribution in [0.1, 0.15) is 16.8 Å². The minimum absolute atomic E-state index is 0.106. The molecule has 0 aromatic heterocycles. The van der Waals surface area contributed by atoms with Gasteiger partial charge in [-0.2, -0.15) is 16.2 Å². The number of halogens is 2. The van der Waals surface area contributed by atoms with E-state index < -0.39 is 33.7 Å². The zero-order valence-corrected chi connectivity index (χ0v) is 11.5. The van der Waals surface area contributed by atoms with Gasteiger partial charge in [-0.05, 0) is 18.2 Å². The molecule has 8 heteroatoms. The summed E-state index contributed by atoms with van der Waals surface area (Å²) in [6, 6.07) is 1.35. The molecule has 1 aliphatic rings. The van der Waals surface area contributed by atoms with Crippen LogP contribution in [0.25, 0.3) is 0 Å². The Morgan fingerprint density at radius 1 is 1.50 bits per heavy atom. The summed E-state index contributed by atoms with van der Waals surface area (Å²) in [4.78, 5) is 23.1. The number of hydrogen-bond donors (Lipinski definition) is 0. The van der Waals surface area contributed by atoms with E-state index >= 15 is 0 Å². The van der Waals surface area contributed by atoms with Gasteiger partial charge in [-0.25, -0.2) is 4.39 Å². The molecule has 0 aliphatic carbocycles. The minimum Gasteiger partial charge on any atom is -0.338 e. The summed E-state index contributed by atoms with van der Waals surface area (Å²) in [5.74, 6) is -1.80. The predicted octanol–water partition coefficient (Wildman–Crippen LogP) is 2.45. The first-order chi connectivity index (χ1) is 9.43. The van der Waals surface area contributed by atoms with Crippen LogP contribution in [0, 0.1) is 21.7 Å². The first kappa shape index (κ1) is 14.7. The molecule has 1 amide bonds. The molecule has 0 spiro atoms. The normalized spacial score (nSPS) is 18.1. The molecule has 20 heavy (non-hydrogen) atoms. The maximum atomic E-state index is 13.9. The maximum absolute atomic E-state index is 13.9. The fourth-order valence-electron chi connectivity index (χ4n) is 2.05. The summed E-state index contributed by atoms with van der Waals surface area (Å²) in [5, 5.41) is 10.6. The van der Waals surface area contributed by atoms with E-state index in [1.165, 1.54) is 11.9 Å². The quantitative estimate of drug-likeness (QED) is 0.635. The molecule has 1 unspecified atom stereocenters. The topological polar surface area (TPSA) is 63.5 Å². The molecule has 0 bridgehead atoms. The van der Waals surface area contributed by atoms with Crippen LogP contribution >= 0.6 is 11.8 Å². The Morgan fingerprint density at radius 3 is 2.75 bits per heavy atom. The molecule has 1 aromatic rings. The highest BCUT2D eigenvalue weighted by Gasteiger charge is 2.31. The van der Waals surface area contributed by atoms with Crippen molar-refractivity contribution in [3.63, 3.8) is 0 Å². The molecule has 5 nitrogen and oxygen atoms in total.